The van der Waals surface area contributed by atoms with Gasteiger partial charge in [0.25, 0.3) is 0 Å². The zero-order valence-corrected chi connectivity index (χ0v) is 19.1. The van der Waals surface area contributed by atoms with E-state index in [-0.39, 0.29) is 40.0 Å². The lowest BCUT2D eigenvalue weighted by Gasteiger charge is -2.48. The van der Waals surface area contributed by atoms with Crippen molar-refractivity contribution in [3.05, 3.63) is 17.2 Å². The first-order valence-electron chi connectivity index (χ1n) is 11.7. The average Bonchev–Trinajstić information content (AvgIpc) is 3.29. The number of hydrogen-bond donors (Lipinski definition) is 0. The van der Waals surface area contributed by atoms with Crippen LogP contribution in [0.15, 0.2) is 6.20 Å². The monoisotopic (exact) mass is 477 g/mol. The Hall–Kier alpha value is -2.13. The molecule has 1 spiro atoms. The molecule has 1 saturated carbocycles. The number of carbonyl (C=O) groups is 1. The van der Waals surface area contributed by atoms with E-state index < -0.39 is 12.0 Å². The number of aromatic nitrogens is 3. The van der Waals surface area contributed by atoms with Gasteiger partial charge in [-0.05, 0) is 32.2 Å². The van der Waals surface area contributed by atoms with E-state index in [0.29, 0.717) is 43.6 Å². The normalized spacial score (nSPS) is 29.0. The molecule has 0 aromatic carbocycles. The molecule has 0 amide bonds. The van der Waals surface area contributed by atoms with Crippen LogP contribution in [-0.2, 0) is 4.79 Å². The van der Waals surface area contributed by atoms with Crippen LogP contribution in [0, 0.1) is 11.2 Å². The lowest BCUT2D eigenvalue weighted by atomic mass is 9.63. The molecule has 176 valence electrons. The number of pyridine rings is 1. The summed E-state index contributed by atoms with van der Waals surface area (Å²) in [6, 6.07) is 0.0616. The molecule has 7 nitrogen and oxygen atoms in total. The van der Waals surface area contributed by atoms with E-state index in [0.717, 1.165) is 38.8 Å². The van der Waals surface area contributed by atoms with Gasteiger partial charge < -0.3 is 9.64 Å². The van der Waals surface area contributed by atoms with Gasteiger partial charge >= 0.3 is 6.01 Å². The molecule has 2 aromatic heterocycles. The van der Waals surface area contributed by atoms with Crippen LogP contribution in [0.2, 0.25) is 5.15 Å². The second kappa shape index (κ2) is 7.70. The van der Waals surface area contributed by atoms with Crippen LogP contribution in [0.4, 0.5) is 14.6 Å². The molecule has 0 radical (unpaired) electrons. The number of halogens is 3. The molecule has 0 N–H and O–H groups in total. The fourth-order valence-corrected chi connectivity index (χ4v) is 6.55. The first-order valence-corrected chi connectivity index (χ1v) is 12.0. The van der Waals surface area contributed by atoms with Crippen LogP contribution >= 0.6 is 11.6 Å². The van der Waals surface area contributed by atoms with Crippen molar-refractivity contribution in [3.8, 4) is 6.01 Å². The summed E-state index contributed by atoms with van der Waals surface area (Å²) < 4.78 is 35.1. The molecule has 6 rings (SSSR count). The summed E-state index contributed by atoms with van der Waals surface area (Å²) >= 11 is 5.95. The summed E-state index contributed by atoms with van der Waals surface area (Å²) in [4.78, 5) is 29.0. The molecule has 10 heteroatoms. The smallest absolute Gasteiger partial charge is 0.319 e. The number of alkyl halides is 1. The molecule has 3 aliphatic heterocycles. The van der Waals surface area contributed by atoms with Gasteiger partial charge in [-0.15, -0.1) is 0 Å². The van der Waals surface area contributed by atoms with E-state index in [1.807, 2.05) is 0 Å². The van der Waals surface area contributed by atoms with E-state index in [4.69, 9.17) is 16.3 Å². The third-order valence-corrected chi connectivity index (χ3v) is 8.20. The summed E-state index contributed by atoms with van der Waals surface area (Å²) in [5.74, 6) is 0.127. The highest BCUT2D eigenvalue weighted by Crippen LogP contribution is 2.47. The summed E-state index contributed by atoms with van der Waals surface area (Å²) in [5, 5.41) is 0.215. The maximum Gasteiger partial charge on any atom is 0.319 e. The molecule has 1 aliphatic carbocycles. The average molecular weight is 478 g/mol. The molecule has 33 heavy (non-hydrogen) atoms. The highest BCUT2D eigenvalue weighted by atomic mass is 35.5. The van der Waals surface area contributed by atoms with Crippen molar-refractivity contribution in [2.45, 2.75) is 56.7 Å². The first kappa shape index (κ1) is 21.4. The third kappa shape index (κ3) is 3.55. The van der Waals surface area contributed by atoms with Gasteiger partial charge in [0.15, 0.2) is 11.0 Å². The van der Waals surface area contributed by atoms with Crippen LogP contribution in [0.25, 0.3) is 10.9 Å². The zero-order chi connectivity index (χ0) is 22.8. The minimum atomic E-state index is -0.862. The molecule has 4 aliphatic rings. The fourth-order valence-electron chi connectivity index (χ4n) is 6.41. The lowest BCUT2D eigenvalue weighted by molar-refractivity contribution is -0.133. The minimum absolute atomic E-state index is 0.0324. The van der Waals surface area contributed by atoms with Gasteiger partial charge in [-0.25, -0.2) is 13.8 Å². The number of fused-ring (bicyclic) bond motifs is 2. The van der Waals surface area contributed by atoms with Gasteiger partial charge in [0.2, 0.25) is 0 Å². The Morgan fingerprint density at radius 3 is 2.85 bits per heavy atom. The van der Waals surface area contributed by atoms with Crippen LogP contribution in [-0.4, -0.2) is 70.1 Å². The summed E-state index contributed by atoms with van der Waals surface area (Å²) in [7, 11) is 0. The Kier molecular flexibility index (Phi) is 4.99. The van der Waals surface area contributed by atoms with Gasteiger partial charge in [0, 0.05) is 50.5 Å². The van der Waals surface area contributed by atoms with Crippen molar-refractivity contribution in [3.63, 3.8) is 0 Å². The molecule has 5 heterocycles. The van der Waals surface area contributed by atoms with E-state index >= 15 is 0 Å². The minimum Gasteiger partial charge on any atom is -0.461 e. The van der Waals surface area contributed by atoms with Crippen LogP contribution in [0.3, 0.4) is 0 Å². The molecule has 4 fully saturated rings. The second-order valence-corrected chi connectivity index (χ2v) is 10.6. The lowest BCUT2D eigenvalue weighted by Crippen LogP contribution is -2.51. The van der Waals surface area contributed by atoms with E-state index in [2.05, 4.69) is 24.8 Å². The summed E-state index contributed by atoms with van der Waals surface area (Å²) in [6.45, 7) is 2.97. The highest BCUT2D eigenvalue weighted by Gasteiger charge is 2.50. The number of piperidine rings is 1. The van der Waals surface area contributed by atoms with Crippen LogP contribution in [0.1, 0.15) is 44.9 Å². The largest absolute Gasteiger partial charge is 0.461 e. The Morgan fingerprint density at radius 1 is 1.21 bits per heavy atom. The van der Waals surface area contributed by atoms with Gasteiger partial charge in [0.1, 0.15) is 29.9 Å². The topological polar surface area (TPSA) is 71.5 Å². The number of ether oxygens (including phenoxy) is 1. The van der Waals surface area contributed by atoms with E-state index in [1.165, 1.54) is 6.20 Å². The highest BCUT2D eigenvalue weighted by molar-refractivity contribution is 6.30. The van der Waals surface area contributed by atoms with Crippen molar-refractivity contribution < 1.29 is 18.3 Å². The Balaban J connectivity index is 1.34. The number of hydrogen-bond acceptors (Lipinski definition) is 7. The zero-order valence-electron chi connectivity index (χ0n) is 18.3. The van der Waals surface area contributed by atoms with Crippen LogP contribution in [0.5, 0.6) is 6.01 Å². The predicted molar refractivity (Wildman–Crippen MR) is 119 cm³/mol. The molecule has 0 bridgehead atoms. The van der Waals surface area contributed by atoms with Gasteiger partial charge in [-0.2, -0.15) is 9.97 Å². The Morgan fingerprint density at radius 2 is 2.03 bits per heavy atom. The van der Waals surface area contributed by atoms with Gasteiger partial charge in [0.05, 0.1) is 10.9 Å². The van der Waals surface area contributed by atoms with Crippen molar-refractivity contribution >= 4 is 34.1 Å². The quantitative estimate of drug-likeness (QED) is 0.621. The van der Waals surface area contributed by atoms with Crippen molar-refractivity contribution in [1.82, 2.24) is 19.9 Å². The molecule has 0 unspecified atom stereocenters. The number of carbonyl (C=O) groups excluding carboxylic acids is 1. The maximum atomic E-state index is 15.0. The van der Waals surface area contributed by atoms with Gasteiger partial charge in [-0.3, -0.25) is 9.69 Å². The van der Waals surface area contributed by atoms with Crippen LogP contribution < -0.4 is 9.64 Å². The maximum absolute atomic E-state index is 15.0. The molecular weight excluding hydrogens is 452 g/mol. The Labute approximate surface area is 195 Å². The van der Waals surface area contributed by atoms with Gasteiger partial charge in [-0.1, -0.05) is 11.6 Å². The van der Waals surface area contributed by atoms with Crippen molar-refractivity contribution in [2.24, 2.45) is 5.41 Å². The first-order chi connectivity index (χ1) is 15.9. The number of nitrogens with zero attached hydrogens (tertiary/aromatic N) is 5. The number of Topliss-reactive ketones (excluding diaryl/α,β-unsaturated/α-hetero) is 1. The summed E-state index contributed by atoms with van der Waals surface area (Å²) in [6.07, 6.45) is 6.02. The molecule has 2 atom stereocenters. The predicted octanol–water partition coefficient (Wildman–Crippen LogP) is 3.72. The molecule has 2 aromatic rings. The SMILES string of the molecule is O=C1CC2(CCCN(c3nc(OC[C@@]45CCCN4C[C@H](F)C5)nc4c(F)c(Cl)ncc34)C2)C1. The summed E-state index contributed by atoms with van der Waals surface area (Å²) in [5.41, 5.74) is -0.321. The molecular formula is C23H26ClF2N5O2. The fraction of sp³-hybridized carbons (Fsp3) is 0.652. The van der Waals surface area contributed by atoms with E-state index in [9.17, 15) is 13.6 Å². The number of ketones is 1. The molecule has 3 saturated heterocycles. The number of anilines is 1. The van der Waals surface area contributed by atoms with Crippen molar-refractivity contribution in [2.75, 3.05) is 37.7 Å². The third-order valence-electron chi connectivity index (χ3n) is 7.94. The van der Waals surface area contributed by atoms with Crippen molar-refractivity contribution in [1.29, 1.82) is 0 Å². The van der Waals surface area contributed by atoms with E-state index in [1.54, 1.807) is 0 Å². The number of rotatable bonds is 4. The second-order valence-electron chi connectivity index (χ2n) is 10.2. The Bertz CT molecular complexity index is 1130. The standard InChI is InChI=1S/C23H26ClF2N5O2/c24-19-17(26)18-16(10-27-19)20(30-5-1-3-22(12-30)8-15(32)9-22)29-21(28-18)33-13-23-4-2-6-31(23)11-14(25)7-23/h10,14H,1-9,11-13H2/t14-,23+/m1/s1.